The Morgan fingerprint density at radius 3 is 2.85 bits per heavy atom. The van der Waals surface area contributed by atoms with Gasteiger partial charge in [-0.1, -0.05) is 25.5 Å². The van der Waals surface area contributed by atoms with Crippen LogP contribution in [0.25, 0.3) is 0 Å². The third-order valence-corrected chi connectivity index (χ3v) is 4.19. The molecule has 0 aliphatic carbocycles. The van der Waals surface area contributed by atoms with E-state index < -0.39 is 16.0 Å². The molecule has 1 aliphatic rings. The SMILES string of the molecule is CCCCOC(=O)CN=C1NS(=O)(=O)c2ccccc21. The van der Waals surface area contributed by atoms with E-state index >= 15 is 0 Å². The number of fused-ring (bicyclic) bond motifs is 1. The van der Waals surface area contributed by atoms with E-state index in [4.69, 9.17) is 4.74 Å². The third-order valence-electron chi connectivity index (χ3n) is 2.79. The van der Waals surface area contributed by atoms with Gasteiger partial charge in [0.25, 0.3) is 10.0 Å². The van der Waals surface area contributed by atoms with E-state index in [-0.39, 0.29) is 17.3 Å². The summed E-state index contributed by atoms with van der Waals surface area (Å²) in [6.07, 6.45) is 1.74. The fourth-order valence-corrected chi connectivity index (χ4v) is 3.02. The molecule has 108 valence electrons. The molecule has 0 amide bonds. The van der Waals surface area contributed by atoms with Crippen LogP contribution in [0, 0.1) is 0 Å². The summed E-state index contributed by atoms with van der Waals surface area (Å²) in [5.41, 5.74) is 0.480. The number of aliphatic imine (C=N–C) groups is 1. The van der Waals surface area contributed by atoms with Crippen LogP contribution in [0.1, 0.15) is 25.3 Å². The van der Waals surface area contributed by atoms with E-state index in [2.05, 4.69) is 9.71 Å². The van der Waals surface area contributed by atoms with Crippen molar-refractivity contribution in [2.75, 3.05) is 13.2 Å². The van der Waals surface area contributed by atoms with Crippen LogP contribution >= 0.6 is 0 Å². The van der Waals surface area contributed by atoms with Gasteiger partial charge in [-0.2, -0.15) is 0 Å². The second-order valence-electron chi connectivity index (χ2n) is 4.34. The van der Waals surface area contributed by atoms with Gasteiger partial charge in [0.2, 0.25) is 0 Å². The first-order chi connectivity index (χ1) is 9.54. The average molecular weight is 296 g/mol. The maximum absolute atomic E-state index is 11.8. The monoisotopic (exact) mass is 296 g/mol. The lowest BCUT2D eigenvalue weighted by Crippen LogP contribution is -2.23. The Kier molecular flexibility index (Phi) is 4.39. The van der Waals surface area contributed by atoms with Crippen LogP contribution in [0.15, 0.2) is 34.2 Å². The normalized spacial score (nSPS) is 17.6. The molecule has 1 aromatic rings. The van der Waals surface area contributed by atoms with E-state index in [1.165, 1.54) is 6.07 Å². The number of nitrogens with zero attached hydrogens (tertiary/aromatic N) is 1. The molecule has 20 heavy (non-hydrogen) atoms. The van der Waals surface area contributed by atoms with Crippen molar-refractivity contribution in [3.05, 3.63) is 29.8 Å². The second-order valence-corrected chi connectivity index (χ2v) is 5.99. The lowest BCUT2D eigenvalue weighted by molar-refractivity contribution is -0.141. The number of carbonyl (C=O) groups is 1. The topological polar surface area (TPSA) is 84.8 Å². The van der Waals surface area contributed by atoms with Crippen LogP contribution < -0.4 is 4.72 Å². The average Bonchev–Trinajstić information content (AvgIpc) is 2.69. The van der Waals surface area contributed by atoms with Crippen molar-refractivity contribution in [1.29, 1.82) is 0 Å². The van der Waals surface area contributed by atoms with Crippen LogP contribution in [0.2, 0.25) is 0 Å². The van der Waals surface area contributed by atoms with Gasteiger partial charge in [-0.15, -0.1) is 0 Å². The quantitative estimate of drug-likeness (QED) is 0.650. The molecule has 0 unspecified atom stereocenters. The zero-order valence-electron chi connectivity index (χ0n) is 11.1. The summed E-state index contributed by atoms with van der Waals surface area (Å²) >= 11 is 0. The minimum absolute atomic E-state index is 0.179. The smallest absolute Gasteiger partial charge is 0.327 e. The molecular formula is C13H16N2O4S. The van der Waals surface area contributed by atoms with Crippen molar-refractivity contribution in [1.82, 2.24) is 4.72 Å². The van der Waals surface area contributed by atoms with Crippen LogP contribution in [0.3, 0.4) is 0 Å². The summed E-state index contributed by atoms with van der Waals surface area (Å²) in [5.74, 6) is -0.275. The molecule has 0 radical (unpaired) electrons. The van der Waals surface area contributed by atoms with Crippen LogP contribution in [0.4, 0.5) is 0 Å². The second kappa shape index (κ2) is 6.04. The van der Waals surface area contributed by atoms with Crippen LogP contribution in [-0.2, 0) is 19.6 Å². The first-order valence-corrected chi connectivity index (χ1v) is 7.85. The fraction of sp³-hybridized carbons (Fsp3) is 0.385. The highest BCUT2D eigenvalue weighted by atomic mass is 32.2. The largest absolute Gasteiger partial charge is 0.464 e. The molecule has 1 N–H and O–H groups in total. The highest BCUT2D eigenvalue weighted by Crippen LogP contribution is 2.21. The Morgan fingerprint density at radius 1 is 1.35 bits per heavy atom. The van der Waals surface area contributed by atoms with Crippen LogP contribution in [-0.4, -0.2) is 33.4 Å². The van der Waals surface area contributed by atoms with Gasteiger partial charge in [0.05, 0.1) is 11.5 Å². The zero-order valence-corrected chi connectivity index (χ0v) is 11.9. The Hall–Kier alpha value is -1.89. The van der Waals surface area contributed by atoms with Gasteiger partial charge in [-0.05, 0) is 18.6 Å². The van der Waals surface area contributed by atoms with Gasteiger partial charge in [0, 0.05) is 5.56 Å². The molecular weight excluding hydrogens is 280 g/mol. The van der Waals surface area contributed by atoms with E-state index in [1.807, 2.05) is 6.92 Å². The molecule has 0 aromatic heterocycles. The molecule has 1 aromatic carbocycles. The number of rotatable bonds is 5. The van der Waals surface area contributed by atoms with E-state index in [0.29, 0.717) is 12.2 Å². The first kappa shape index (κ1) is 14.5. The number of benzene rings is 1. The number of carbonyl (C=O) groups excluding carboxylic acids is 1. The number of hydrogen-bond acceptors (Lipinski definition) is 5. The molecule has 1 aliphatic heterocycles. The summed E-state index contributed by atoms with van der Waals surface area (Å²) in [7, 11) is -3.56. The molecule has 7 heteroatoms. The maximum Gasteiger partial charge on any atom is 0.327 e. The predicted molar refractivity (Wildman–Crippen MR) is 74.0 cm³/mol. The van der Waals surface area contributed by atoms with Gasteiger partial charge in [0.1, 0.15) is 12.4 Å². The Labute approximate surface area is 117 Å². The predicted octanol–water partition coefficient (Wildman–Crippen LogP) is 1.07. The van der Waals surface area contributed by atoms with Crippen LogP contribution in [0.5, 0.6) is 0 Å². The molecule has 0 saturated carbocycles. The number of sulfonamides is 1. The van der Waals surface area contributed by atoms with E-state index in [9.17, 15) is 13.2 Å². The van der Waals surface area contributed by atoms with Crippen molar-refractivity contribution < 1.29 is 17.9 Å². The van der Waals surface area contributed by atoms with Crippen molar-refractivity contribution in [2.45, 2.75) is 24.7 Å². The molecule has 0 atom stereocenters. The van der Waals surface area contributed by atoms with Gasteiger partial charge in [-0.3, -0.25) is 14.5 Å². The third kappa shape index (κ3) is 3.16. The molecule has 0 spiro atoms. The number of amidine groups is 1. The number of nitrogens with one attached hydrogen (secondary N) is 1. The summed E-state index contributed by atoms with van der Waals surface area (Å²) in [4.78, 5) is 15.6. The molecule has 2 rings (SSSR count). The summed E-state index contributed by atoms with van der Waals surface area (Å²) in [6, 6.07) is 6.50. The molecule has 1 heterocycles. The molecule has 0 fully saturated rings. The van der Waals surface area contributed by atoms with Crippen molar-refractivity contribution in [3.63, 3.8) is 0 Å². The standard InChI is InChI=1S/C13H16N2O4S/c1-2-3-8-19-12(16)9-14-13-10-6-4-5-7-11(10)20(17,18)15-13/h4-7H,2-3,8-9H2,1H3,(H,14,15). The van der Waals surface area contributed by atoms with Crippen molar-refractivity contribution in [2.24, 2.45) is 4.99 Å². The van der Waals surface area contributed by atoms with Gasteiger partial charge < -0.3 is 4.74 Å². The molecule has 0 bridgehead atoms. The minimum atomic E-state index is -3.56. The van der Waals surface area contributed by atoms with Crippen molar-refractivity contribution >= 4 is 21.8 Å². The van der Waals surface area contributed by atoms with E-state index in [1.54, 1.807) is 18.2 Å². The Bertz CT molecular complexity index is 638. The van der Waals surface area contributed by atoms with Crippen molar-refractivity contribution in [3.8, 4) is 0 Å². The lowest BCUT2D eigenvalue weighted by Gasteiger charge is -2.02. The maximum atomic E-state index is 11.8. The number of unbranched alkanes of at least 4 members (excludes halogenated alkanes) is 1. The number of hydrogen-bond donors (Lipinski definition) is 1. The first-order valence-electron chi connectivity index (χ1n) is 6.37. The number of ether oxygens (including phenoxy) is 1. The van der Waals surface area contributed by atoms with Gasteiger partial charge in [0.15, 0.2) is 0 Å². The summed E-state index contributed by atoms with van der Waals surface area (Å²) in [6.45, 7) is 2.16. The molecule has 6 nitrogen and oxygen atoms in total. The number of esters is 1. The van der Waals surface area contributed by atoms with Gasteiger partial charge >= 0.3 is 5.97 Å². The lowest BCUT2D eigenvalue weighted by atomic mass is 10.2. The van der Waals surface area contributed by atoms with Gasteiger partial charge in [-0.25, -0.2) is 8.42 Å². The minimum Gasteiger partial charge on any atom is -0.464 e. The summed E-state index contributed by atoms with van der Waals surface area (Å²) in [5, 5.41) is 0. The Balaban J connectivity index is 2.08. The van der Waals surface area contributed by atoms with E-state index in [0.717, 1.165) is 12.8 Å². The Morgan fingerprint density at radius 2 is 2.10 bits per heavy atom. The zero-order chi connectivity index (χ0) is 14.6. The summed E-state index contributed by atoms with van der Waals surface area (Å²) < 4.78 is 30.9. The fourth-order valence-electron chi connectivity index (χ4n) is 1.77. The highest BCUT2D eigenvalue weighted by Gasteiger charge is 2.30. The molecule has 0 saturated heterocycles. The highest BCUT2D eigenvalue weighted by molar-refractivity contribution is 7.90.